The Kier molecular flexibility index (Phi) is 5.04. The van der Waals surface area contributed by atoms with Gasteiger partial charge in [0.2, 0.25) is 5.91 Å². The largest absolute Gasteiger partial charge is 0.273 e. The molecule has 31 heavy (non-hydrogen) atoms. The van der Waals surface area contributed by atoms with E-state index in [0.717, 1.165) is 26.7 Å². The molecule has 2 aliphatic heterocycles. The summed E-state index contributed by atoms with van der Waals surface area (Å²) < 4.78 is 14.9. The lowest BCUT2D eigenvalue weighted by Gasteiger charge is -2.28. The van der Waals surface area contributed by atoms with Crippen molar-refractivity contribution in [1.82, 2.24) is 0 Å². The number of imide groups is 1. The molecule has 0 saturated carbocycles. The number of hydrogen-bond acceptors (Lipinski definition) is 4. The first-order chi connectivity index (χ1) is 15.0. The first-order valence-electron chi connectivity index (χ1n) is 9.55. The average molecular weight is 502 g/mol. The summed E-state index contributed by atoms with van der Waals surface area (Å²) in [5, 5.41) is 1.54. The second-order valence-electron chi connectivity index (χ2n) is 7.32. The quantitative estimate of drug-likeness (QED) is 0.458. The fraction of sp³-hybridized carbons (Fsp3) is 0.130. The van der Waals surface area contributed by atoms with Crippen molar-refractivity contribution in [1.29, 1.82) is 0 Å². The summed E-state index contributed by atoms with van der Waals surface area (Å²) in [6.45, 7) is 0. The van der Waals surface area contributed by atoms with Gasteiger partial charge in [-0.3, -0.25) is 14.4 Å². The van der Waals surface area contributed by atoms with Gasteiger partial charge in [-0.25, -0.2) is 14.4 Å². The van der Waals surface area contributed by atoms with Gasteiger partial charge in [-0.15, -0.1) is 0 Å². The minimum Gasteiger partial charge on any atom is -0.273 e. The number of hydroxylamine groups is 1. The lowest BCUT2D eigenvalue weighted by Crippen LogP contribution is -2.37. The van der Waals surface area contributed by atoms with Crippen LogP contribution in [0, 0.1) is 11.7 Å². The van der Waals surface area contributed by atoms with Crippen molar-refractivity contribution in [3.8, 4) is 0 Å². The Bertz CT molecular complexity index is 1180. The molecule has 156 valence electrons. The molecule has 8 heteroatoms. The van der Waals surface area contributed by atoms with Crippen molar-refractivity contribution in [3.05, 3.63) is 93.7 Å². The van der Waals surface area contributed by atoms with Gasteiger partial charge in [0.25, 0.3) is 5.91 Å². The van der Waals surface area contributed by atoms with E-state index in [1.165, 1.54) is 12.1 Å². The number of fused-ring (bicyclic) bond motifs is 1. The van der Waals surface area contributed by atoms with Crippen molar-refractivity contribution in [2.45, 2.75) is 12.1 Å². The highest BCUT2D eigenvalue weighted by Crippen LogP contribution is 2.47. The molecule has 0 spiro atoms. The Morgan fingerprint density at radius 2 is 1.61 bits per heavy atom. The van der Waals surface area contributed by atoms with Gasteiger partial charge in [0, 0.05) is 4.47 Å². The normalized spacial score (nSPS) is 22.9. The Hall–Kier alpha value is -2.74. The molecule has 2 aliphatic rings. The van der Waals surface area contributed by atoms with Gasteiger partial charge < -0.3 is 0 Å². The smallest absolute Gasteiger partial charge is 0.266 e. The number of amides is 2. The van der Waals surface area contributed by atoms with Gasteiger partial charge in [-0.2, -0.15) is 0 Å². The van der Waals surface area contributed by atoms with Crippen molar-refractivity contribution < 1.29 is 18.8 Å². The van der Waals surface area contributed by atoms with E-state index in [-0.39, 0.29) is 10.7 Å². The highest BCUT2D eigenvalue weighted by Gasteiger charge is 2.60. The molecule has 0 unspecified atom stereocenters. The number of nitrogens with zero attached hydrogens (tertiary/aromatic N) is 2. The Morgan fingerprint density at radius 1 is 0.903 bits per heavy atom. The topological polar surface area (TPSA) is 49.9 Å². The van der Waals surface area contributed by atoms with Crippen LogP contribution in [0.5, 0.6) is 0 Å². The predicted octanol–water partition coefficient (Wildman–Crippen LogP) is 5.29. The van der Waals surface area contributed by atoms with E-state index in [1.54, 1.807) is 5.06 Å². The summed E-state index contributed by atoms with van der Waals surface area (Å²) in [6, 6.07) is 20.2. The summed E-state index contributed by atoms with van der Waals surface area (Å²) in [4.78, 5) is 33.7. The first-order valence-corrected chi connectivity index (χ1v) is 10.7. The van der Waals surface area contributed by atoms with Crippen LogP contribution in [0.2, 0.25) is 5.02 Å². The molecule has 0 aliphatic carbocycles. The molecule has 5 rings (SSSR count). The van der Waals surface area contributed by atoms with Crippen LogP contribution in [0.3, 0.4) is 0 Å². The van der Waals surface area contributed by atoms with Gasteiger partial charge in [0.1, 0.15) is 11.7 Å². The van der Waals surface area contributed by atoms with Crippen LogP contribution in [0.1, 0.15) is 11.6 Å². The van der Waals surface area contributed by atoms with Crippen LogP contribution in [-0.4, -0.2) is 17.9 Å². The van der Waals surface area contributed by atoms with E-state index in [0.29, 0.717) is 0 Å². The highest BCUT2D eigenvalue weighted by atomic mass is 79.9. The summed E-state index contributed by atoms with van der Waals surface area (Å²) in [5.41, 5.74) is 1.69. The molecule has 2 fully saturated rings. The first kappa shape index (κ1) is 20.2. The molecule has 3 aromatic rings. The Balaban J connectivity index is 1.58. The van der Waals surface area contributed by atoms with Crippen molar-refractivity contribution in [2.24, 2.45) is 5.92 Å². The zero-order valence-electron chi connectivity index (χ0n) is 15.9. The number of carbonyl (C=O) groups excluding carboxylic acids is 2. The van der Waals surface area contributed by atoms with E-state index in [9.17, 15) is 14.0 Å². The molecular weight excluding hydrogens is 487 g/mol. The van der Waals surface area contributed by atoms with Crippen LogP contribution in [0.15, 0.2) is 77.3 Å². The van der Waals surface area contributed by atoms with Gasteiger partial charge in [-0.05, 0) is 48.0 Å². The second-order valence-corrected chi connectivity index (χ2v) is 8.64. The van der Waals surface area contributed by atoms with E-state index in [2.05, 4.69) is 15.9 Å². The number of benzene rings is 3. The van der Waals surface area contributed by atoms with Crippen LogP contribution in [0.25, 0.3) is 0 Å². The summed E-state index contributed by atoms with van der Waals surface area (Å²) in [5.74, 6) is -2.46. The number of carbonyl (C=O) groups is 2. The number of anilines is 2. The minimum absolute atomic E-state index is 0.0812. The molecule has 0 radical (unpaired) electrons. The number of rotatable bonds is 3. The third-order valence-corrected chi connectivity index (χ3v) is 6.33. The van der Waals surface area contributed by atoms with Gasteiger partial charge >= 0.3 is 0 Å². The SMILES string of the molecule is O=C1[C@H]2[C@@H](ON(c3ccccc3)[C@H]2c2ccc(Br)cc2)C(=O)N1c1ccc(Cl)c(F)c1. The van der Waals surface area contributed by atoms with Crippen molar-refractivity contribution in [3.63, 3.8) is 0 Å². The molecule has 2 amide bonds. The molecule has 0 aromatic heterocycles. The van der Waals surface area contributed by atoms with Crippen LogP contribution in [-0.2, 0) is 14.4 Å². The summed E-state index contributed by atoms with van der Waals surface area (Å²) in [6.07, 6.45) is -1.01. The lowest BCUT2D eigenvalue weighted by atomic mass is 9.90. The summed E-state index contributed by atoms with van der Waals surface area (Å²) >= 11 is 9.18. The maximum absolute atomic E-state index is 14.0. The number of para-hydroxylation sites is 1. The summed E-state index contributed by atoms with van der Waals surface area (Å²) in [7, 11) is 0. The molecular formula is C23H15BrClFN2O3. The molecule has 0 bridgehead atoms. The molecule has 0 N–H and O–H groups in total. The minimum atomic E-state index is -1.01. The van der Waals surface area contributed by atoms with Crippen LogP contribution < -0.4 is 9.96 Å². The molecule has 5 nitrogen and oxygen atoms in total. The molecule has 2 saturated heterocycles. The zero-order chi connectivity index (χ0) is 21.7. The standard InChI is InChI=1S/C23H15BrClFN2O3/c24-14-8-6-13(7-9-14)20-19-21(31-28(20)15-4-2-1-3-5-15)23(30)27(22(19)29)16-10-11-17(25)18(26)12-16/h1-12,19-21H/t19-,20+,21-/m1/s1. The average Bonchev–Trinajstić information content (AvgIpc) is 3.28. The maximum atomic E-state index is 14.0. The van der Waals surface area contributed by atoms with E-state index < -0.39 is 35.7 Å². The Labute approximate surface area is 191 Å². The van der Waals surface area contributed by atoms with E-state index >= 15 is 0 Å². The highest BCUT2D eigenvalue weighted by molar-refractivity contribution is 9.10. The third kappa shape index (κ3) is 3.33. The fourth-order valence-corrected chi connectivity index (χ4v) is 4.47. The molecule has 3 atom stereocenters. The Morgan fingerprint density at radius 3 is 2.29 bits per heavy atom. The predicted molar refractivity (Wildman–Crippen MR) is 118 cm³/mol. The van der Waals surface area contributed by atoms with E-state index in [1.807, 2.05) is 54.6 Å². The molecule has 3 aromatic carbocycles. The fourth-order valence-electron chi connectivity index (χ4n) is 4.09. The van der Waals surface area contributed by atoms with Crippen molar-refractivity contribution in [2.75, 3.05) is 9.96 Å². The van der Waals surface area contributed by atoms with Gasteiger partial charge in [-0.1, -0.05) is 57.9 Å². The lowest BCUT2D eigenvalue weighted by molar-refractivity contribution is -0.126. The number of hydrogen-bond donors (Lipinski definition) is 0. The third-order valence-electron chi connectivity index (χ3n) is 5.50. The van der Waals surface area contributed by atoms with Crippen molar-refractivity contribution >= 4 is 50.7 Å². The van der Waals surface area contributed by atoms with Gasteiger partial charge in [0.05, 0.1) is 22.4 Å². The zero-order valence-corrected chi connectivity index (χ0v) is 18.3. The second kappa shape index (κ2) is 7.75. The van der Waals surface area contributed by atoms with Crippen LogP contribution in [0.4, 0.5) is 15.8 Å². The monoisotopic (exact) mass is 500 g/mol. The number of halogens is 3. The van der Waals surface area contributed by atoms with Gasteiger partial charge in [0.15, 0.2) is 6.10 Å². The van der Waals surface area contributed by atoms with E-state index in [4.69, 9.17) is 16.4 Å². The maximum Gasteiger partial charge on any atom is 0.266 e. The van der Waals surface area contributed by atoms with Crippen LogP contribution >= 0.6 is 27.5 Å². The molecule has 2 heterocycles.